The van der Waals surface area contributed by atoms with Gasteiger partial charge >= 0.3 is 11.9 Å². The normalized spacial score (nSPS) is 44.3. The topological polar surface area (TPSA) is 81.7 Å². The Hall–Kier alpha value is -1.85. The molecule has 218 valence electrons. The first-order valence-electron chi connectivity index (χ1n) is 15.5. The molecule has 6 unspecified atom stereocenters. The van der Waals surface area contributed by atoms with Crippen molar-refractivity contribution in [3.8, 4) is 0 Å². The molecule has 0 spiro atoms. The number of rotatable bonds is 4. The van der Waals surface area contributed by atoms with E-state index < -0.39 is 11.4 Å². The van der Waals surface area contributed by atoms with Crippen molar-refractivity contribution in [3.63, 3.8) is 0 Å². The summed E-state index contributed by atoms with van der Waals surface area (Å²) in [6.45, 7) is 13.6. The van der Waals surface area contributed by atoms with Crippen LogP contribution in [0.25, 0.3) is 0 Å². The Bertz CT molecular complexity index is 1050. The number of nitrogens with one attached hydrogen (secondary N) is 1. The Kier molecular flexibility index (Phi) is 7.28. The lowest BCUT2D eigenvalue weighted by Crippen LogP contribution is -2.63. The Morgan fingerprint density at radius 2 is 1.67 bits per heavy atom. The Labute approximate surface area is 235 Å². The maximum absolute atomic E-state index is 13.8. The van der Waals surface area contributed by atoms with Gasteiger partial charge in [-0.2, -0.15) is 0 Å². The van der Waals surface area contributed by atoms with E-state index in [-0.39, 0.29) is 46.7 Å². The molecule has 6 heteroatoms. The maximum atomic E-state index is 13.8. The maximum Gasteiger partial charge on any atom is 0.325 e. The van der Waals surface area contributed by atoms with Crippen molar-refractivity contribution in [2.24, 2.45) is 51.2 Å². The van der Waals surface area contributed by atoms with E-state index in [1.165, 1.54) is 20.0 Å². The van der Waals surface area contributed by atoms with Gasteiger partial charge in [0, 0.05) is 12.3 Å². The van der Waals surface area contributed by atoms with Crippen molar-refractivity contribution in [1.29, 1.82) is 0 Å². The summed E-state index contributed by atoms with van der Waals surface area (Å²) in [7, 11) is 1.37. The van der Waals surface area contributed by atoms with Gasteiger partial charge in [-0.3, -0.25) is 14.4 Å². The van der Waals surface area contributed by atoms with Crippen molar-refractivity contribution in [3.05, 3.63) is 11.6 Å². The Morgan fingerprint density at radius 3 is 2.36 bits per heavy atom. The molecule has 5 aliphatic carbocycles. The van der Waals surface area contributed by atoms with Gasteiger partial charge in [-0.1, -0.05) is 59.1 Å². The van der Waals surface area contributed by atoms with Gasteiger partial charge in [0.25, 0.3) is 0 Å². The number of methoxy groups -OCH3 is 1. The van der Waals surface area contributed by atoms with Crippen LogP contribution in [0.3, 0.4) is 0 Å². The van der Waals surface area contributed by atoms with Crippen LogP contribution < -0.4 is 5.32 Å². The summed E-state index contributed by atoms with van der Waals surface area (Å²) >= 11 is 0. The fraction of sp³-hybridized carbons (Fsp3) is 0.848. The second-order valence-electron chi connectivity index (χ2n) is 14.9. The van der Waals surface area contributed by atoms with Gasteiger partial charge in [0.1, 0.15) is 12.6 Å². The molecule has 1 amide bonds. The zero-order chi connectivity index (χ0) is 28.4. The van der Waals surface area contributed by atoms with Gasteiger partial charge in [0.2, 0.25) is 5.91 Å². The summed E-state index contributed by atoms with van der Waals surface area (Å²) in [5.41, 5.74) is 1.52. The van der Waals surface area contributed by atoms with E-state index in [9.17, 15) is 14.4 Å². The number of fused-ring (bicyclic) bond motifs is 7. The number of allylic oxidation sites excluding steroid dienone is 2. The smallest absolute Gasteiger partial charge is 0.325 e. The fourth-order valence-corrected chi connectivity index (χ4v) is 11.3. The van der Waals surface area contributed by atoms with E-state index in [0.717, 1.165) is 51.4 Å². The zero-order valence-electron chi connectivity index (χ0n) is 25.4. The molecule has 0 radical (unpaired) electrons. The van der Waals surface area contributed by atoms with E-state index in [4.69, 9.17) is 9.47 Å². The quantitative estimate of drug-likeness (QED) is 0.337. The third-order valence-electron chi connectivity index (χ3n) is 12.9. The van der Waals surface area contributed by atoms with E-state index >= 15 is 0 Å². The van der Waals surface area contributed by atoms with Crippen LogP contribution in [0.15, 0.2) is 11.6 Å². The molecule has 4 fully saturated rings. The van der Waals surface area contributed by atoms with Crippen molar-refractivity contribution in [2.75, 3.05) is 13.7 Å². The highest BCUT2D eigenvalue weighted by Gasteiger charge is 2.66. The van der Waals surface area contributed by atoms with E-state index in [0.29, 0.717) is 23.7 Å². The van der Waals surface area contributed by atoms with Crippen LogP contribution in [0.2, 0.25) is 0 Å². The molecular weight excluding hydrogens is 490 g/mol. The van der Waals surface area contributed by atoms with Crippen LogP contribution in [0.1, 0.15) is 106 Å². The van der Waals surface area contributed by atoms with Crippen LogP contribution in [0, 0.1) is 51.2 Å². The molecule has 0 aromatic rings. The monoisotopic (exact) mass is 541 g/mol. The van der Waals surface area contributed by atoms with Crippen LogP contribution in [-0.2, 0) is 23.9 Å². The van der Waals surface area contributed by atoms with Crippen LogP contribution in [0.5, 0.6) is 0 Å². The van der Waals surface area contributed by atoms with E-state index in [1.807, 2.05) is 0 Å². The molecule has 0 aromatic carbocycles. The molecule has 0 heterocycles. The number of hydrogen-bond acceptors (Lipinski definition) is 5. The first kappa shape index (κ1) is 28.7. The molecule has 0 aliphatic heterocycles. The minimum absolute atomic E-state index is 0.00554. The first-order valence-corrected chi connectivity index (χ1v) is 15.5. The Morgan fingerprint density at radius 1 is 0.949 bits per heavy atom. The average Bonchev–Trinajstić information content (AvgIpc) is 2.88. The number of esters is 2. The molecule has 6 nitrogen and oxygen atoms in total. The summed E-state index contributed by atoms with van der Waals surface area (Å²) in [6, 6.07) is 0. The molecule has 0 bridgehead atoms. The highest BCUT2D eigenvalue weighted by molar-refractivity contribution is 5.87. The predicted molar refractivity (Wildman–Crippen MR) is 150 cm³/mol. The molecule has 4 saturated carbocycles. The molecule has 1 N–H and O–H groups in total. The molecule has 0 saturated heterocycles. The summed E-state index contributed by atoms with van der Waals surface area (Å²) in [6.07, 6.45) is 13.1. The number of carbonyl (C=O) groups excluding carboxylic acids is 3. The van der Waals surface area contributed by atoms with Crippen molar-refractivity contribution < 1.29 is 23.9 Å². The minimum Gasteiger partial charge on any atom is -0.468 e. The zero-order valence-corrected chi connectivity index (χ0v) is 25.4. The minimum atomic E-state index is -0.414. The van der Waals surface area contributed by atoms with Crippen molar-refractivity contribution >= 4 is 17.8 Å². The average molecular weight is 542 g/mol. The van der Waals surface area contributed by atoms with Gasteiger partial charge in [-0.15, -0.1) is 0 Å². The fourth-order valence-electron chi connectivity index (χ4n) is 11.3. The van der Waals surface area contributed by atoms with Crippen molar-refractivity contribution in [1.82, 2.24) is 5.32 Å². The number of ether oxygens (including phenoxy) is 2. The second-order valence-corrected chi connectivity index (χ2v) is 14.9. The summed E-state index contributed by atoms with van der Waals surface area (Å²) in [5, 5.41) is 2.97. The van der Waals surface area contributed by atoms with Gasteiger partial charge in [0.15, 0.2) is 0 Å². The lowest BCUT2D eigenvalue weighted by molar-refractivity contribution is -0.200. The van der Waals surface area contributed by atoms with Gasteiger partial charge in [-0.25, -0.2) is 0 Å². The van der Waals surface area contributed by atoms with Gasteiger partial charge < -0.3 is 14.8 Å². The Balaban J connectivity index is 1.46. The molecule has 5 aliphatic rings. The molecule has 39 heavy (non-hydrogen) atoms. The molecule has 0 aromatic heterocycles. The second kappa shape index (κ2) is 9.91. The lowest BCUT2D eigenvalue weighted by atomic mass is 9.37. The first-order chi connectivity index (χ1) is 18.3. The van der Waals surface area contributed by atoms with Crippen LogP contribution >= 0.6 is 0 Å². The standard InChI is InChI=1S/C33H51NO5/c1-20-9-8-15-33(29(37)34-19-27(36)38-7)18-12-23-22(28(20)33)10-11-25-31(23,5)16-13-24-30(3,4)26(39-21(2)35)14-17-32(24,25)6/h10,20,23-26,28H,8-9,11-19H2,1-7H3,(H,34,37)/t20-,23?,24?,25?,26-,28?,31?,32?,33-/m0/s1. The SMILES string of the molecule is COC(=O)CNC(=O)[C@]12CCC[C@H](C)C1C1=CCC3C(C)(CCC4C3(C)CC[C@H](OC(C)=O)C4(C)C)C1CC2. The number of carbonyl (C=O) groups is 3. The van der Waals surface area contributed by atoms with Crippen molar-refractivity contribution in [2.45, 2.75) is 112 Å². The third-order valence-corrected chi connectivity index (χ3v) is 12.9. The summed E-state index contributed by atoms with van der Waals surface area (Å²) < 4.78 is 10.7. The largest absolute Gasteiger partial charge is 0.468 e. The highest BCUT2D eigenvalue weighted by atomic mass is 16.5. The summed E-state index contributed by atoms with van der Waals surface area (Å²) in [5.74, 6) is 1.84. The lowest BCUT2D eigenvalue weighted by Gasteiger charge is -2.68. The van der Waals surface area contributed by atoms with E-state index in [2.05, 4.69) is 46.0 Å². The van der Waals surface area contributed by atoms with E-state index in [1.54, 1.807) is 12.5 Å². The molecule has 9 atom stereocenters. The highest BCUT2D eigenvalue weighted by Crippen LogP contribution is 2.72. The van der Waals surface area contributed by atoms with Gasteiger partial charge in [-0.05, 0) is 91.8 Å². The number of amides is 1. The third kappa shape index (κ3) is 4.29. The summed E-state index contributed by atoms with van der Waals surface area (Å²) in [4.78, 5) is 37.5. The molecule has 5 rings (SSSR count). The van der Waals surface area contributed by atoms with Gasteiger partial charge in [0.05, 0.1) is 12.5 Å². The number of hydrogen-bond donors (Lipinski definition) is 1. The predicted octanol–water partition coefficient (Wildman–Crippen LogP) is 6.23. The van der Waals surface area contributed by atoms with Crippen LogP contribution in [-0.4, -0.2) is 37.6 Å². The van der Waals surface area contributed by atoms with Crippen LogP contribution in [0.4, 0.5) is 0 Å². The molecular formula is C33H51NO5.